The van der Waals surface area contributed by atoms with Crippen LogP contribution in [0.1, 0.15) is 37.8 Å². The molecule has 0 saturated heterocycles. The van der Waals surface area contributed by atoms with E-state index >= 15 is 0 Å². The molecule has 1 aromatic rings. The number of rotatable bonds is 6. The van der Waals surface area contributed by atoms with Gasteiger partial charge in [-0.05, 0) is 44.2 Å². The lowest BCUT2D eigenvalue weighted by Gasteiger charge is -2.16. The van der Waals surface area contributed by atoms with E-state index in [-0.39, 0.29) is 0 Å². The second-order valence-electron chi connectivity index (χ2n) is 4.83. The van der Waals surface area contributed by atoms with Crippen LogP contribution in [0.15, 0.2) is 24.3 Å². The van der Waals surface area contributed by atoms with E-state index in [1.807, 2.05) is 13.8 Å². The average molecular weight is 220 g/mol. The molecule has 2 nitrogen and oxygen atoms in total. The number of aldehydes is 1. The molecule has 0 aromatic heterocycles. The summed E-state index contributed by atoms with van der Waals surface area (Å²) < 4.78 is 0. The predicted octanol–water partition coefficient (Wildman–Crippen LogP) is 2.52. The highest BCUT2D eigenvalue weighted by Crippen LogP contribution is 2.14. The molecular weight excluding hydrogens is 200 g/mol. The summed E-state index contributed by atoms with van der Waals surface area (Å²) in [4.78, 5) is 10.2. The van der Waals surface area contributed by atoms with Gasteiger partial charge in [0.15, 0.2) is 0 Å². The maximum absolute atomic E-state index is 10.2. The molecule has 0 aliphatic heterocycles. The van der Waals surface area contributed by atoms with Crippen molar-refractivity contribution in [2.75, 3.05) is 0 Å². The summed E-state index contributed by atoms with van der Waals surface area (Å²) in [6.45, 7) is 3.65. The van der Waals surface area contributed by atoms with E-state index in [0.29, 0.717) is 6.42 Å². The van der Waals surface area contributed by atoms with Crippen molar-refractivity contribution >= 4 is 6.29 Å². The second kappa shape index (κ2) is 5.80. The number of carbonyl (C=O) groups is 1. The van der Waals surface area contributed by atoms with Crippen LogP contribution in [0.2, 0.25) is 0 Å². The van der Waals surface area contributed by atoms with Crippen LogP contribution in [0.3, 0.4) is 0 Å². The lowest BCUT2D eigenvalue weighted by atomic mass is 9.98. The summed E-state index contributed by atoms with van der Waals surface area (Å²) in [5.41, 5.74) is 1.83. The minimum atomic E-state index is -0.601. The monoisotopic (exact) mass is 220 g/mol. The smallest absolute Gasteiger partial charge is 0.120 e. The van der Waals surface area contributed by atoms with Crippen molar-refractivity contribution in [1.82, 2.24) is 0 Å². The number of aliphatic hydroxyl groups is 1. The normalized spacial score (nSPS) is 11.4. The van der Waals surface area contributed by atoms with Gasteiger partial charge in [0.25, 0.3) is 0 Å². The molecule has 0 radical (unpaired) electrons. The SMILES string of the molecule is CC(C)(O)CCc1ccc(CCC=O)cc1. The summed E-state index contributed by atoms with van der Waals surface area (Å²) in [6, 6.07) is 8.27. The van der Waals surface area contributed by atoms with Gasteiger partial charge < -0.3 is 9.90 Å². The number of hydrogen-bond acceptors (Lipinski definition) is 2. The first kappa shape index (κ1) is 12.9. The molecule has 16 heavy (non-hydrogen) atoms. The molecule has 0 atom stereocenters. The Bertz CT molecular complexity index is 320. The molecule has 0 amide bonds. The van der Waals surface area contributed by atoms with Crippen LogP contribution in [0.25, 0.3) is 0 Å². The van der Waals surface area contributed by atoms with E-state index in [9.17, 15) is 9.90 Å². The minimum absolute atomic E-state index is 0.586. The van der Waals surface area contributed by atoms with Crippen molar-refractivity contribution < 1.29 is 9.90 Å². The Balaban J connectivity index is 2.48. The molecule has 0 fully saturated rings. The first-order chi connectivity index (χ1) is 7.51. The maximum Gasteiger partial charge on any atom is 0.120 e. The van der Waals surface area contributed by atoms with E-state index in [1.54, 1.807) is 0 Å². The van der Waals surface area contributed by atoms with Crippen molar-refractivity contribution in [1.29, 1.82) is 0 Å². The highest BCUT2D eigenvalue weighted by atomic mass is 16.3. The van der Waals surface area contributed by atoms with Crippen molar-refractivity contribution in [3.05, 3.63) is 35.4 Å². The van der Waals surface area contributed by atoms with Gasteiger partial charge in [-0.25, -0.2) is 0 Å². The highest BCUT2D eigenvalue weighted by molar-refractivity contribution is 5.50. The Morgan fingerprint density at radius 1 is 1.12 bits per heavy atom. The van der Waals surface area contributed by atoms with Crippen LogP contribution in [0.5, 0.6) is 0 Å². The standard InChI is InChI=1S/C14H20O2/c1-14(2,16)10-9-13-7-5-12(6-8-13)4-3-11-15/h5-8,11,16H,3-4,9-10H2,1-2H3. The first-order valence-electron chi connectivity index (χ1n) is 5.75. The third kappa shape index (κ3) is 5.08. The summed E-state index contributed by atoms with van der Waals surface area (Å²) >= 11 is 0. The second-order valence-corrected chi connectivity index (χ2v) is 4.83. The largest absolute Gasteiger partial charge is 0.390 e. The lowest BCUT2D eigenvalue weighted by Crippen LogP contribution is -2.19. The Morgan fingerprint density at radius 2 is 1.62 bits per heavy atom. The Hall–Kier alpha value is -1.15. The number of aryl methyl sites for hydroxylation is 2. The van der Waals surface area contributed by atoms with Crippen LogP contribution >= 0.6 is 0 Å². The summed E-state index contributed by atoms with van der Waals surface area (Å²) in [6.07, 6.45) is 4.00. The zero-order valence-electron chi connectivity index (χ0n) is 10.1. The van der Waals surface area contributed by atoms with Crippen LogP contribution in [-0.2, 0) is 17.6 Å². The van der Waals surface area contributed by atoms with Crippen LogP contribution in [-0.4, -0.2) is 17.0 Å². The molecule has 0 aliphatic rings. The fourth-order valence-electron chi connectivity index (χ4n) is 1.55. The average Bonchev–Trinajstić information content (AvgIpc) is 2.24. The highest BCUT2D eigenvalue weighted by Gasteiger charge is 2.11. The van der Waals surface area contributed by atoms with E-state index in [0.717, 1.165) is 25.5 Å². The third-order valence-electron chi connectivity index (χ3n) is 2.60. The summed E-state index contributed by atoms with van der Waals surface area (Å²) in [5, 5.41) is 9.61. The molecule has 0 spiro atoms. The van der Waals surface area contributed by atoms with Crippen LogP contribution < -0.4 is 0 Å². The van der Waals surface area contributed by atoms with E-state index in [1.165, 1.54) is 11.1 Å². The predicted molar refractivity (Wildman–Crippen MR) is 65.4 cm³/mol. The summed E-state index contributed by atoms with van der Waals surface area (Å²) in [5.74, 6) is 0. The van der Waals surface area contributed by atoms with Crippen molar-refractivity contribution in [2.24, 2.45) is 0 Å². The number of benzene rings is 1. The van der Waals surface area contributed by atoms with Gasteiger partial charge in [-0.2, -0.15) is 0 Å². The lowest BCUT2D eigenvalue weighted by molar-refractivity contribution is -0.107. The Morgan fingerprint density at radius 3 is 2.06 bits per heavy atom. The van der Waals surface area contributed by atoms with Crippen molar-refractivity contribution in [3.63, 3.8) is 0 Å². The van der Waals surface area contributed by atoms with E-state index < -0.39 is 5.60 Å². The van der Waals surface area contributed by atoms with Gasteiger partial charge >= 0.3 is 0 Å². The van der Waals surface area contributed by atoms with E-state index in [2.05, 4.69) is 24.3 Å². The number of hydrogen-bond donors (Lipinski definition) is 1. The minimum Gasteiger partial charge on any atom is -0.390 e. The van der Waals surface area contributed by atoms with Gasteiger partial charge in [0.2, 0.25) is 0 Å². The zero-order valence-corrected chi connectivity index (χ0v) is 10.1. The van der Waals surface area contributed by atoms with Crippen LogP contribution in [0, 0.1) is 0 Å². The van der Waals surface area contributed by atoms with E-state index in [4.69, 9.17) is 0 Å². The van der Waals surface area contributed by atoms with Gasteiger partial charge in [-0.1, -0.05) is 24.3 Å². The van der Waals surface area contributed by atoms with Crippen LogP contribution in [0.4, 0.5) is 0 Å². The molecule has 0 unspecified atom stereocenters. The molecule has 1 aromatic carbocycles. The molecule has 1 N–H and O–H groups in total. The number of carbonyl (C=O) groups excluding carboxylic acids is 1. The summed E-state index contributed by atoms with van der Waals surface area (Å²) in [7, 11) is 0. The van der Waals surface area contributed by atoms with Crippen molar-refractivity contribution in [3.8, 4) is 0 Å². The Kier molecular flexibility index (Phi) is 4.69. The fourth-order valence-corrected chi connectivity index (χ4v) is 1.55. The molecule has 0 saturated carbocycles. The van der Waals surface area contributed by atoms with Crippen molar-refractivity contribution in [2.45, 2.75) is 45.1 Å². The molecule has 0 aliphatic carbocycles. The van der Waals surface area contributed by atoms with Gasteiger partial charge in [0.1, 0.15) is 6.29 Å². The quantitative estimate of drug-likeness (QED) is 0.748. The zero-order chi connectivity index (χ0) is 12.0. The first-order valence-corrected chi connectivity index (χ1v) is 5.75. The molecule has 0 bridgehead atoms. The maximum atomic E-state index is 10.2. The van der Waals surface area contributed by atoms with Gasteiger partial charge in [0, 0.05) is 6.42 Å². The molecule has 0 heterocycles. The molecule has 88 valence electrons. The Labute approximate surface area is 97.3 Å². The van der Waals surface area contributed by atoms with Gasteiger partial charge in [-0.15, -0.1) is 0 Å². The van der Waals surface area contributed by atoms with Gasteiger partial charge in [0.05, 0.1) is 5.60 Å². The van der Waals surface area contributed by atoms with Gasteiger partial charge in [-0.3, -0.25) is 0 Å². The third-order valence-corrected chi connectivity index (χ3v) is 2.60. The topological polar surface area (TPSA) is 37.3 Å². The molecule has 2 heteroatoms. The fraction of sp³-hybridized carbons (Fsp3) is 0.500. The molecule has 1 rings (SSSR count). The molecular formula is C14H20O2.